The number of nitrogens with two attached hydrogens (primary N) is 2. The van der Waals surface area contributed by atoms with E-state index in [1.54, 1.807) is 24.3 Å². The Labute approximate surface area is 153 Å². The van der Waals surface area contributed by atoms with Gasteiger partial charge in [0.1, 0.15) is 5.75 Å². The number of nitrogens with one attached hydrogen (secondary N) is 2. The predicted octanol–water partition coefficient (Wildman–Crippen LogP) is 0.401. The van der Waals surface area contributed by atoms with Crippen molar-refractivity contribution in [2.45, 2.75) is 26.3 Å². The topological polar surface area (TPSA) is 137 Å². The van der Waals surface area contributed by atoms with Crippen LogP contribution in [0, 0.1) is 5.92 Å². The molecule has 0 aliphatic heterocycles. The third-order valence-electron chi connectivity index (χ3n) is 3.21. The zero-order chi connectivity index (χ0) is 18.1. The summed E-state index contributed by atoms with van der Waals surface area (Å²) in [5.41, 5.74) is 11.2. The standard InChI is InChI=1S/C16H24N4O4.ClH/c1-10(2)15(18)16(23)19-9-14(22)20-11-5-3-4-6-12(11)24-8-7-13(17)21;/h3-6,10,15H,7-9,18H2,1-2H3,(H2,17,21)(H,19,23)(H,20,22);1H/t15-;/m0./s1. The van der Waals surface area contributed by atoms with Gasteiger partial charge in [0.05, 0.1) is 31.3 Å². The minimum atomic E-state index is -0.665. The van der Waals surface area contributed by atoms with E-state index in [2.05, 4.69) is 10.6 Å². The number of hydrogen-bond acceptors (Lipinski definition) is 5. The zero-order valence-electron chi connectivity index (χ0n) is 14.3. The number of ether oxygens (including phenoxy) is 1. The highest BCUT2D eigenvalue weighted by molar-refractivity contribution is 5.96. The average molecular weight is 373 g/mol. The van der Waals surface area contributed by atoms with E-state index in [9.17, 15) is 14.4 Å². The number of hydrogen-bond donors (Lipinski definition) is 4. The summed E-state index contributed by atoms with van der Waals surface area (Å²) < 4.78 is 5.42. The monoisotopic (exact) mass is 372 g/mol. The fraction of sp³-hybridized carbons (Fsp3) is 0.438. The van der Waals surface area contributed by atoms with E-state index in [0.29, 0.717) is 11.4 Å². The van der Waals surface area contributed by atoms with Crippen molar-refractivity contribution in [1.82, 2.24) is 5.32 Å². The lowest BCUT2D eigenvalue weighted by Crippen LogP contribution is -2.46. The van der Waals surface area contributed by atoms with Gasteiger partial charge in [-0.2, -0.15) is 0 Å². The first-order chi connectivity index (χ1) is 11.3. The number of halogens is 1. The van der Waals surface area contributed by atoms with Crippen molar-refractivity contribution in [2.75, 3.05) is 18.5 Å². The average Bonchev–Trinajstić information content (AvgIpc) is 2.53. The van der Waals surface area contributed by atoms with Gasteiger partial charge in [-0.25, -0.2) is 0 Å². The molecular formula is C16H25ClN4O4. The molecular weight excluding hydrogens is 348 g/mol. The van der Waals surface area contributed by atoms with Gasteiger partial charge >= 0.3 is 0 Å². The van der Waals surface area contributed by atoms with Crippen LogP contribution in [0.4, 0.5) is 5.69 Å². The van der Waals surface area contributed by atoms with Gasteiger partial charge in [0.25, 0.3) is 0 Å². The summed E-state index contributed by atoms with van der Waals surface area (Å²) in [6, 6.07) is 6.10. The van der Waals surface area contributed by atoms with Gasteiger partial charge in [0.2, 0.25) is 17.7 Å². The molecule has 0 radical (unpaired) electrons. The van der Waals surface area contributed by atoms with Crippen LogP contribution in [0.15, 0.2) is 24.3 Å². The van der Waals surface area contributed by atoms with Crippen LogP contribution in [0.25, 0.3) is 0 Å². The molecule has 1 atom stereocenters. The van der Waals surface area contributed by atoms with Crippen molar-refractivity contribution in [3.63, 3.8) is 0 Å². The molecule has 6 N–H and O–H groups in total. The quantitative estimate of drug-likeness (QED) is 0.497. The number of rotatable bonds is 9. The van der Waals surface area contributed by atoms with Crippen molar-refractivity contribution in [1.29, 1.82) is 0 Å². The van der Waals surface area contributed by atoms with Crippen LogP contribution >= 0.6 is 12.4 Å². The number of carbonyl (C=O) groups excluding carboxylic acids is 3. The number of carbonyl (C=O) groups is 3. The van der Waals surface area contributed by atoms with E-state index in [1.165, 1.54) is 0 Å². The van der Waals surface area contributed by atoms with Crippen LogP contribution in [0.1, 0.15) is 20.3 Å². The Morgan fingerprint density at radius 1 is 1.20 bits per heavy atom. The first-order valence-corrected chi connectivity index (χ1v) is 7.64. The lowest BCUT2D eigenvalue weighted by atomic mass is 10.1. The summed E-state index contributed by atoms with van der Waals surface area (Å²) in [4.78, 5) is 34.4. The molecule has 3 amide bonds. The molecule has 8 nitrogen and oxygen atoms in total. The van der Waals surface area contributed by atoms with Crippen LogP contribution in [-0.2, 0) is 14.4 Å². The maximum atomic E-state index is 11.9. The molecule has 1 aromatic rings. The Morgan fingerprint density at radius 2 is 1.84 bits per heavy atom. The van der Waals surface area contributed by atoms with E-state index >= 15 is 0 Å². The van der Waals surface area contributed by atoms with Crippen LogP contribution in [0.5, 0.6) is 5.75 Å². The van der Waals surface area contributed by atoms with Crippen LogP contribution < -0.4 is 26.8 Å². The van der Waals surface area contributed by atoms with Gasteiger partial charge in [-0.3, -0.25) is 14.4 Å². The van der Waals surface area contributed by atoms with Crippen molar-refractivity contribution in [2.24, 2.45) is 17.4 Å². The summed E-state index contributed by atoms with van der Waals surface area (Å²) in [5.74, 6) is -0.873. The predicted molar refractivity (Wildman–Crippen MR) is 97.4 cm³/mol. The highest BCUT2D eigenvalue weighted by Gasteiger charge is 2.18. The van der Waals surface area contributed by atoms with E-state index in [-0.39, 0.29) is 43.8 Å². The molecule has 0 aliphatic rings. The first kappa shape index (κ1) is 22.7. The molecule has 0 fully saturated rings. The lowest BCUT2D eigenvalue weighted by molar-refractivity contribution is -0.125. The Kier molecular flexibility index (Phi) is 10.2. The number of primary amides is 1. The highest BCUT2D eigenvalue weighted by Crippen LogP contribution is 2.23. The van der Waals surface area contributed by atoms with Crippen LogP contribution in [0.2, 0.25) is 0 Å². The molecule has 140 valence electrons. The fourth-order valence-corrected chi connectivity index (χ4v) is 1.74. The molecule has 0 saturated heterocycles. The molecule has 1 rings (SSSR count). The molecule has 1 aromatic carbocycles. The van der Waals surface area contributed by atoms with Crippen LogP contribution in [0.3, 0.4) is 0 Å². The zero-order valence-corrected chi connectivity index (χ0v) is 15.1. The molecule has 0 saturated carbocycles. The molecule has 0 spiro atoms. The van der Waals surface area contributed by atoms with Crippen LogP contribution in [-0.4, -0.2) is 36.9 Å². The summed E-state index contributed by atoms with van der Waals surface area (Å²) >= 11 is 0. The van der Waals surface area contributed by atoms with Crippen molar-refractivity contribution in [3.05, 3.63) is 24.3 Å². The lowest BCUT2D eigenvalue weighted by Gasteiger charge is -2.16. The third kappa shape index (κ3) is 8.37. The molecule has 25 heavy (non-hydrogen) atoms. The van der Waals surface area contributed by atoms with Crippen molar-refractivity contribution >= 4 is 35.8 Å². The highest BCUT2D eigenvalue weighted by atomic mass is 35.5. The molecule has 9 heteroatoms. The number of benzene rings is 1. The van der Waals surface area contributed by atoms with Gasteiger partial charge in [-0.05, 0) is 18.1 Å². The maximum absolute atomic E-state index is 11.9. The van der Waals surface area contributed by atoms with Crippen molar-refractivity contribution in [3.8, 4) is 5.75 Å². The second-order valence-corrected chi connectivity index (χ2v) is 5.60. The SMILES string of the molecule is CC(C)[C@H](N)C(=O)NCC(=O)Nc1ccccc1OCCC(N)=O.Cl. The Morgan fingerprint density at radius 3 is 2.44 bits per heavy atom. The summed E-state index contributed by atoms with van der Waals surface area (Å²) in [6.07, 6.45) is 0.0748. The summed E-state index contributed by atoms with van der Waals surface area (Å²) in [6.45, 7) is 3.56. The van der Waals surface area contributed by atoms with Gasteiger partial charge in [0.15, 0.2) is 0 Å². The minimum Gasteiger partial charge on any atom is -0.491 e. The fourth-order valence-electron chi connectivity index (χ4n) is 1.74. The molecule has 0 unspecified atom stereocenters. The second-order valence-electron chi connectivity index (χ2n) is 5.60. The van der Waals surface area contributed by atoms with E-state index < -0.39 is 17.9 Å². The summed E-state index contributed by atoms with van der Waals surface area (Å²) in [7, 11) is 0. The molecule has 0 aromatic heterocycles. The second kappa shape index (κ2) is 11.3. The number of amides is 3. The van der Waals surface area contributed by atoms with Gasteiger partial charge in [-0.15, -0.1) is 12.4 Å². The largest absolute Gasteiger partial charge is 0.491 e. The van der Waals surface area contributed by atoms with Gasteiger partial charge in [-0.1, -0.05) is 26.0 Å². The third-order valence-corrected chi connectivity index (χ3v) is 3.21. The Bertz CT molecular complexity index is 595. The normalized spacial score (nSPS) is 11.2. The maximum Gasteiger partial charge on any atom is 0.243 e. The summed E-state index contributed by atoms with van der Waals surface area (Å²) in [5, 5.41) is 5.12. The smallest absolute Gasteiger partial charge is 0.243 e. The van der Waals surface area contributed by atoms with E-state index in [4.69, 9.17) is 16.2 Å². The van der Waals surface area contributed by atoms with Gasteiger partial charge < -0.3 is 26.8 Å². The minimum absolute atomic E-state index is 0. The number of anilines is 1. The first-order valence-electron chi connectivity index (χ1n) is 7.64. The Hall–Kier alpha value is -2.32. The van der Waals surface area contributed by atoms with E-state index in [0.717, 1.165) is 0 Å². The Balaban J connectivity index is 0.00000576. The van der Waals surface area contributed by atoms with E-state index in [1.807, 2.05) is 13.8 Å². The molecule has 0 heterocycles. The molecule has 0 aliphatic carbocycles. The van der Waals surface area contributed by atoms with Gasteiger partial charge in [0, 0.05) is 0 Å². The molecule has 0 bridgehead atoms. The van der Waals surface area contributed by atoms with Crippen molar-refractivity contribution < 1.29 is 19.1 Å². The number of para-hydroxylation sites is 2.